The van der Waals surface area contributed by atoms with Gasteiger partial charge in [-0.05, 0) is 45.1 Å². The highest BCUT2D eigenvalue weighted by atomic mass is 16.5. The van der Waals surface area contributed by atoms with E-state index in [9.17, 15) is 9.59 Å². The number of esters is 2. The Hall–Kier alpha value is -1.10. The van der Waals surface area contributed by atoms with Crippen LogP contribution in [0, 0.1) is 11.8 Å². The number of rotatable bonds is 7. The van der Waals surface area contributed by atoms with E-state index >= 15 is 0 Å². The first-order valence-corrected chi connectivity index (χ1v) is 9.61. The van der Waals surface area contributed by atoms with Crippen LogP contribution in [-0.2, 0) is 19.1 Å². The number of ether oxygens (including phenoxy) is 2. The third-order valence-corrected chi connectivity index (χ3v) is 5.64. The fourth-order valence-corrected chi connectivity index (χ4v) is 4.27. The molecule has 1 aliphatic heterocycles. The molecule has 1 heterocycles. The molecule has 0 amide bonds. The van der Waals surface area contributed by atoms with Crippen molar-refractivity contribution in [2.24, 2.45) is 11.8 Å². The molecule has 0 spiro atoms. The van der Waals surface area contributed by atoms with E-state index in [0.29, 0.717) is 13.2 Å². The molecule has 24 heavy (non-hydrogen) atoms. The summed E-state index contributed by atoms with van der Waals surface area (Å²) >= 11 is 0. The van der Waals surface area contributed by atoms with Crippen LogP contribution in [-0.4, -0.2) is 49.7 Å². The summed E-state index contributed by atoms with van der Waals surface area (Å²) in [6, 6.07) is 0.286. The molecule has 0 bridgehead atoms. The molecule has 2 atom stereocenters. The monoisotopic (exact) mass is 339 g/mol. The highest BCUT2D eigenvalue weighted by Crippen LogP contribution is 2.32. The topological polar surface area (TPSA) is 55.8 Å². The summed E-state index contributed by atoms with van der Waals surface area (Å²) in [5.41, 5.74) is 0. The van der Waals surface area contributed by atoms with Crippen LogP contribution in [0.5, 0.6) is 0 Å². The normalized spacial score (nSPS) is 26.1. The molecule has 138 valence electrons. The van der Waals surface area contributed by atoms with Gasteiger partial charge in [0.15, 0.2) is 0 Å². The molecule has 5 heteroatoms. The van der Waals surface area contributed by atoms with Crippen LogP contribution in [0.2, 0.25) is 0 Å². The number of nitrogens with zero attached hydrogens (tertiary/aromatic N) is 1. The summed E-state index contributed by atoms with van der Waals surface area (Å²) < 4.78 is 10.0. The van der Waals surface area contributed by atoms with Crippen molar-refractivity contribution < 1.29 is 19.1 Å². The zero-order chi connectivity index (χ0) is 17.4. The van der Waals surface area contributed by atoms with Gasteiger partial charge in [-0.15, -0.1) is 0 Å². The van der Waals surface area contributed by atoms with Crippen molar-refractivity contribution in [2.75, 3.05) is 26.8 Å². The third-order valence-electron chi connectivity index (χ3n) is 5.64. The minimum absolute atomic E-state index is 0.0233. The highest BCUT2D eigenvalue weighted by molar-refractivity contribution is 5.73. The second-order valence-corrected chi connectivity index (χ2v) is 7.26. The van der Waals surface area contributed by atoms with Crippen LogP contribution < -0.4 is 0 Å². The molecule has 1 aliphatic carbocycles. The average Bonchev–Trinajstić information content (AvgIpc) is 2.61. The van der Waals surface area contributed by atoms with Crippen LogP contribution in [0.3, 0.4) is 0 Å². The molecule has 0 aromatic rings. The van der Waals surface area contributed by atoms with E-state index in [2.05, 4.69) is 4.90 Å². The SMILES string of the molecule is CCOC(=O)CN1CCC(C(=O)OC)CC1CCC1CCCCC1. The lowest BCUT2D eigenvalue weighted by molar-refractivity contribution is -0.149. The zero-order valence-electron chi connectivity index (χ0n) is 15.3. The van der Waals surface area contributed by atoms with Gasteiger partial charge in [-0.3, -0.25) is 14.5 Å². The average molecular weight is 339 g/mol. The molecule has 0 radical (unpaired) electrons. The predicted molar refractivity (Wildman–Crippen MR) is 92.5 cm³/mol. The standard InChI is InChI=1S/C19H33NO4/c1-3-24-18(21)14-20-12-11-16(19(22)23-2)13-17(20)10-9-15-7-5-4-6-8-15/h15-17H,3-14H2,1-2H3. The lowest BCUT2D eigenvalue weighted by Crippen LogP contribution is -2.47. The quantitative estimate of drug-likeness (QED) is 0.667. The smallest absolute Gasteiger partial charge is 0.320 e. The maximum atomic E-state index is 11.9. The minimum atomic E-state index is -0.156. The number of likely N-dealkylation sites (tertiary alicyclic amines) is 1. The van der Waals surface area contributed by atoms with Crippen molar-refractivity contribution in [2.45, 2.75) is 70.8 Å². The minimum Gasteiger partial charge on any atom is -0.469 e. The largest absolute Gasteiger partial charge is 0.469 e. The van der Waals surface area contributed by atoms with Crippen molar-refractivity contribution in [3.63, 3.8) is 0 Å². The summed E-state index contributed by atoms with van der Waals surface area (Å²) in [7, 11) is 1.46. The van der Waals surface area contributed by atoms with E-state index in [1.165, 1.54) is 45.6 Å². The third kappa shape index (κ3) is 5.76. The van der Waals surface area contributed by atoms with Gasteiger partial charge in [0, 0.05) is 6.04 Å². The Bertz CT molecular complexity index is 406. The maximum Gasteiger partial charge on any atom is 0.320 e. The van der Waals surface area contributed by atoms with Crippen LogP contribution in [0.25, 0.3) is 0 Å². The van der Waals surface area contributed by atoms with E-state index in [-0.39, 0.29) is 23.9 Å². The van der Waals surface area contributed by atoms with Gasteiger partial charge in [0.2, 0.25) is 0 Å². The number of piperidine rings is 1. The van der Waals surface area contributed by atoms with Gasteiger partial charge >= 0.3 is 11.9 Å². The molecule has 0 aromatic heterocycles. The van der Waals surface area contributed by atoms with E-state index in [0.717, 1.165) is 31.7 Å². The van der Waals surface area contributed by atoms with Gasteiger partial charge in [-0.25, -0.2) is 0 Å². The molecule has 2 fully saturated rings. The van der Waals surface area contributed by atoms with Crippen LogP contribution in [0.1, 0.15) is 64.7 Å². The van der Waals surface area contributed by atoms with Crippen molar-refractivity contribution in [3.8, 4) is 0 Å². The Morgan fingerprint density at radius 3 is 2.50 bits per heavy atom. The van der Waals surface area contributed by atoms with E-state index < -0.39 is 0 Å². The predicted octanol–water partition coefficient (Wildman–Crippen LogP) is 3.16. The van der Waals surface area contributed by atoms with Crippen LogP contribution in [0.15, 0.2) is 0 Å². The van der Waals surface area contributed by atoms with Crippen LogP contribution >= 0.6 is 0 Å². The van der Waals surface area contributed by atoms with Gasteiger partial charge in [0.1, 0.15) is 0 Å². The number of hydrogen-bond donors (Lipinski definition) is 0. The number of carbonyl (C=O) groups excluding carboxylic acids is 2. The highest BCUT2D eigenvalue weighted by Gasteiger charge is 2.34. The molecule has 0 aromatic carbocycles. The molecule has 1 saturated heterocycles. The second-order valence-electron chi connectivity index (χ2n) is 7.26. The van der Waals surface area contributed by atoms with Crippen LogP contribution in [0.4, 0.5) is 0 Å². The first-order chi connectivity index (χ1) is 11.6. The summed E-state index contributed by atoms with van der Waals surface area (Å²) in [6.07, 6.45) is 10.6. The fraction of sp³-hybridized carbons (Fsp3) is 0.895. The fourth-order valence-electron chi connectivity index (χ4n) is 4.27. The lowest BCUT2D eigenvalue weighted by atomic mass is 9.82. The second kappa shape index (κ2) is 10.0. The maximum absolute atomic E-state index is 11.9. The lowest BCUT2D eigenvalue weighted by Gasteiger charge is -2.38. The number of carbonyl (C=O) groups is 2. The van der Waals surface area contributed by atoms with Crippen molar-refractivity contribution >= 4 is 11.9 Å². The molecule has 1 saturated carbocycles. The summed E-state index contributed by atoms with van der Waals surface area (Å²) in [4.78, 5) is 26.0. The molecule has 5 nitrogen and oxygen atoms in total. The van der Waals surface area contributed by atoms with E-state index in [1.54, 1.807) is 0 Å². The van der Waals surface area contributed by atoms with Gasteiger partial charge in [-0.1, -0.05) is 32.1 Å². The zero-order valence-corrected chi connectivity index (χ0v) is 15.3. The molecule has 2 rings (SSSR count). The Morgan fingerprint density at radius 2 is 1.83 bits per heavy atom. The first kappa shape index (κ1) is 19.2. The number of methoxy groups -OCH3 is 1. The number of hydrogen-bond acceptors (Lipinski definition) is 5. The summed E-state index contributed by atoms with van der Waals surface area (Å²) in [5, 5.41) is 0. The first-order valence-electron chi connectivity index (χ1n) is 9.61. The molecule has 0 N–H and O–H groups in total. The van der Waals surface area contributed by atoms with Gasteiger partial charge in [0.25, 0.3) is 0 Å². The van der Waals surface area contributed by atoms with Gasteiger partial charge in [-0.2, -0.15) is 0 Å². The van der Waals surface area contributed by atoms with E-state index in [4.69, 9.17) is 9.47 Å². The molecular weight excluding hydrogens is 306 g/mol. The van der Waals surface area contributed by atoms with E-state index in [1.807, 2.05) is 6.92 Å². The Morgan fingerprint density at radius 1 is 1.08 bits per heavy atom. The Kier molecular flexibility index (Phi) is 8.03. The molecule has 2 aliphatic rings. The summed E-state index contributed by atoms with van der Waals surface area (Å²) in [6.45, 7) is 3.37. The van der Waals surface area contributed by atoms with Crippen molar-refractivity contribution in [3.05, 3.63) is 0 Å². The van der Waals surface area contributed by atoms with Gasteiger partial charge in [0.05, 0.1) is 26.2 Å². The summed E-state index contributed by atoms with van der Waals surface area (Å²) in [5.74, 6) is 0.539. The molecular formula is C19H33NO4. The molecule has 2 unspecified atom stereocenters. The van der Waals surface area contributed by atoms with Gasteiger partial charge < -0.3 is 9.47 Å². The van der Waals surface area contributed by atoms with Crippen molar-refractivity contribution in [1.82, 2.24) is 4.90 Å². The Labute approximate surface area is 146 Å². The Balaban J connectivity index is 1.91. The van der Waals surface area contributed by atoms with Crippen molar-refractivity contribution in [1.29, 1.82) is 0 Å².